The Morgan fingerprint density at radius 2 is 1.80 bits per heavy atom. The Balaban J connectivity index is 1.38. The Kier molecular flexibility index (Phi) is 8.27. The molecule has 1 heterocycles. The molecular weight excluding hydrogens is 400 g/mol. The summed E-state index contributed by atoms with van der Waals surface area (Å²) in [5.74, 6) is -0.117. The highest BCUT2D eigenvalue weighted by molar-refractivity contribution is 7.89. The average Bonchev–Trinajstić information content (AvgIpc) is 2.73. The zero-order valence-electron chi connectivity index (χ0n) is 18.3. The maximum Gasteiger partial charge on any atom is 0.240 e. The number of carbonyl (C=O) groups is 1. The van der Waals surface area contributed by atoms with E-state index in [0.717, 1.165) is 64.0 Å². The fraction of sp³-hybridized carbons (Fsp3) is 0.682. The molecule has 1 amide bonds. The van der Waals surface area contributed by atoms with Gasteiger partial charge in [-0.05, 0) is 69.3 Å². The smallest absolute Gasteiger partial charge is 0.240 e. The van der Waals surface area contributed by atoms with E-state index in [1.54, 1.807) is 12.1 Å². The maximum atomic E-state index is 12.6. The molecule has 1 aliphatic carbocycles. The number of nitrogens with zero attached hydrogens (tertiary/aromatic N) is 2. The standard InChI is InChI=1S/C22H36N4O3S/c1-18(10-12-26-15-13-25(2)14-16-26)24-22(27)9-11-23-30(28,29)21-8-7-19-5-3-4-6-20(19)17-21/h7-8,17-18,23H,3-6,9-16H2,1-2H3,(H,24,27). The van der Waals surface area contributed by atoms with Gasteiger partial charge in [0.05, 0.1) is 4.90 Å². The maximum absolute atomic E-state index is 12.6. The number of aryl methyl sites for hydroxylation is 2. The summed E-state index contributed by atoms with van der Waals surface area (Å²) in [5.41, 5.74) is 2.39. The number of carbonyl (C=O) groups excluding carboxylic acids is 1. The van der Waals surface area contributed by atoms with Crippen molar-refractivity contribution in [2.24, 2.45) is 0 Å². The summed E-state index contributed by atoms with van der Waals surface area (Å²) in [4.78, 5) is 17.2. The van der Waals surface area contributed by atoms with Crippen LogP contribution in [0.2, 0.25) is 0 Å². The first kappa shape index (κ1) is 23.2. The second-order valence-electron chi connectivity index (χ2n) is 8.69. The second-order valence-corrected chi connectivity index (χ2v) is 10.5. The van der Waals surface area contributed by atoms with Gasteiger partial charge in [-0.15, -0.1) is 0 Å². The van der Waals surface area contributed by atoms with Gasteiger partial charge in [0.1, 0.15) is 0 Å². The van der Waals surface area contributed by atoms with E-state index in [9.17, 15) is 13.2 Å². The van der Waals surface area contributed by atoms with Crippen LogP contribution in [0, 0.1) is 0 Å². The van der Waals surface area contributed by atoms with Gasteiger partial charge in [0.15, 0.2) is 0 Å². The number of piperazine rings is 1. The Labute approximate surface area is 181 Å². The van der Waals surface area contributed by atoms with Gasteiger partial charge < -0.3 is 15.1 Å². The van der Waals surface area contributed by atoms with Crippen LogP contribution in [0.15, 0.2) is 23.1 Å². The molecule has 2 N–H and O–H groups in total. The van der Waals surface area contributed by atoms with Crippen LogP contribution in [0.25, 0.3) is 0 Å². The molecule has 3 rings (SSSR count). The molecule has 0 radical (unpaired) electrons. The molecule has 30 heavy (non-hydrogen) atoms. The number of benzene rings is 1. The van der Waals surface area contributed by atoms with Crippen LogP contribution in [0.1, 0.15) is 43.7 Å². The minimum atomic E-state index is -3.59. The summed E-state index contributed by atoms with van der Waals surface area (Å²) < 4.78 is 27.7. The molecule has 1 atom stereocenters. The van der Waals surface area contributed by atoms with Crippen molar-refractivity contribution in [1.29, 1.82) is 0 Å². The molecular formula is C22H36N4O3S. The van der Waals surface area contributed by atoms with Crippen LogP contribution in [-0.2, 0) is 27.7 Å². The van der Waals surface area contributed by atoms with Gasteiger partial charge in [0.25, 0.3) is 0 Å². The number of rotatable bonds is 9. The summed E-state index contributed by atoms with van der Waals surface area (Å²) in [6, 6.07) is 5.47. The normalized spacial score (nSPS) is 19.3. The van der Waals surface area contributed by atoms with Crippen molar-refractivity contribution in [3.8, 4) is 0 Å². The lowest BCUT2D eigenvalue weighted by atomic mass is 9.92. The number of hydrogen-bond donors (Lipinski definition) is 2. The van der Waals surface area contributed by atoms with Crippen molar-refractivity contribution in [2.75, 3.05) is 46.3 Å². The highest BCUT2D eigenvalue weighted by atomic mass is 32.2. The van der Waals surface area contributed by atoms with Gasteiger partial charge >= 0.3 is 0 Å². The SMILES string of the molecule is CC(CCN1CCN(C)CC1)NC(=O)CCNS(=O)(=O)c1ccc2c(c1)CCCC2. The molecule has 168 valence electrons. The largest absolute Gasteiger partial charge is 0.354 e. The van der Waals surface area contributed by atoms with Gasteiger partial charge in [-0.1, -0.05) is 6.07 Å². The van der Waals surface area contributed by atoms with Crippen molar-refractivity contribution < 1.29 is 13.2 Å². The van der Waals surface area contributed by atoms with Gasteiger partial charge in [0.2, 0.25) is 15.9 Å². The van der Waals surface area contributed by atoms with E-state index in [4.69, 9.17) is 0 Å². The number of nitrogens with one attached hydrogen (secondary N) is 2. The molecule has 2 aliphatic rings. The Morgan fingerprint density at radius 3 is 2.53 bits per heavy atom. The van der Waals surface area contributed by atoms with Gasteiger partial charge in [-0.3, -0.25) is 4.79 Å². The van der Waals surface area contributed by atoms with Crippen LogP contribution >= 0.6 is 0 Å². The second kappa shape index (κ2) is 10.7. The van der Waals surface area contributed by atoms with Gasteiger partial charge in [-0.25, -0.2) is 13.1 Å². The number of fused-ring (bicyclic) bond motifs is 1. The van der Waals surface area contributed by atoms with E-state index in [1.807, 2.05) is 13.0 Å². The first-order valence-corrected chi connectivity index (χ1v) is 12.6. The number of likely N-dealkylation sites (N-methyl/N-ethyl adjacent to an activating group) is 1. The molecule has 1 aliphatic heterocycles. The zero-order chi connectivity index (χ0) is 21.6. The lowest BCUT2D eigenvalue weighted by Gasteiger charge is -2.32. The molecule has 1 aromatic rings. The first-order chi connectivity index (χ1) is 14.3. The fourth-order valence-corrected chi connectivity index (χ4v) is 5.21. The third-order valence-electron chi connectivity index (χ3n) is 6.16. The molecule has 1 fully saturated rings. The quantitative estimate of drug-likeness (QED) is 0.611. The predicted molar refractivity (Wildman–Crippen MR) is 119 cm³/mol. The van der Waals surface area contributed by atoms with Crippen LogP contribution in [0.4, 0.5) is 0 Å². The molecule has 0 aromatic heterocycles. The van der Waals surface area contributed by atoms with Crippen molar-refractivity contribution in [1.82, 2.24) is 19.8 Å². The van der Waals surface area contributed by atoms with Crippen molar-refractivity contribution >= 4 is 15.9 Å². The summed E-state index contributed by atoms with van der Waals surface area (Å²) >= 11 is 0. The van der Waals surface area contributed by atoms with E-state index in [-0.39, 0.29) is 24.9 Å². The molecule has 0 spiro atoms. The minimum Gasteiger partial charge on any atom is -0.354 e. The first-order valence-electron chi connectivity index (χ1n) is 11.2. The number of amides is 1. The Bertz CT molecular complexity index is 820. The van der Waals surface area contributed by atoms with E-state index in [0.29, 0.717) is 4.90 Å². The van der Waals surface area contributed by atoms with Crippen LogP contribution in [0.3, 0.4) is 0 Å². The predicted octanol–water partition coefficient (Wildman–Crippen LogP) is 1.38. The lowest BCUT2D eigenvalue weighted by Crippen LogP contribution is -2.46. The van der Waals surface area contributed by atoms with Crippen molar-refractivity contribution in [3.05, 3.63) is 29.3 Å². The monoisotopic (exact) mass is 436 g/mol. The third-order valence-corrected chi connectivity index (χ3v) is 7.61. The average molecular weight is 437 g/mol. The summed E-state index contributed by atoms with van der Waals surface area (Å²) in [7, 11) is -1.45. The molecule has 0 saturated carbocycles. The molecule has 7 nitrogen and oxygen atoms in total. The number of sulfonamides is 1. The molecule has 1 saturated heterocycles. The highest BCUT2D eigenvalue weighted by Crippen LogP contribution is 2.24. The minimum absolute atomic E-state index is 0.0782. The Hall–Kier alpha value is -1.48. The highest BCUT2D eigenvalue weighted by Gasteiger charge is 2.19. The summed E-state index contributed by atoms with van der Waals surface area (Å²) in [6.07, 6.45) is 5.28. The van der Waals surface area contributed by atoms with Crippen LogP contribution in [0.5, 0.6) is 0 Å². The van der Waals surface area contributed by atoms with Crippen LogP contribution in [-0.4, -0.2) is 76.5 Å². The van der Waals surface area contributed by atoms with E-state index in [2.05, 4.69) is 26.9 Å². The third kappa shape index (κ3) is 6.77. The van der Waals surface area contributed by atoms with Crippen molar-refractivity contribution in [3.63, 3.8) is 0 Å². The van der Waals surface area contributed by atoms with Gasteiger partial charge in [0, 0.05) is 51.7 Å². The summed E-state index contributed by atoms with van der Waals surface area (Å²) in [6.45, 7) is 7.40. The van der Waals surface area contributed by atoms with E-state index >= 15 is 0 Å². The molecule has 1 aromatic carbocycles. The van der Waals surface area contributed by atoms with Crippen molar-refractivity contribution in [2.45, 2.75) is 56.4 Å². The van der Waals surface area contributed by atoms with Gasteiger partial charge in [-0.2, -0.15) is 0 Å². The number of hydrogen-bond acceptors (Lipinski definition) is 5. The Morgan fingerprint density at radius 1 is 1.10 bits per heavy atom. The topological polar surface area (TPSA) is 81.8 Å². The lowest BCUT2D eigenvalue weighted by molar-refractivity contribution is -0.121. The van der Waals surface area contributed by atoms with E-state index < -0.39 is 10.0 Å². The fourth-order valence-electron chi connectivity index (χ4n) is 4.13. The van der Waals surface area contributed by atoms with E-state index in [1.165, 1.54) is 12.0 Å². The molecule has 1 unspecified atom stereocenters. The molecule has 8 heteroatoms. The summed E-state index contributed by atoms with van der Waals surface area (Å²) in [5, 5.41) is 2.98. The zero-order valence-corrected chi connectivity index (χ0v) is 19.1. The molecule has 0 bridgehead atoms. The van der Waals surface area contributed by atoms with Crippen LogP contribution < -0.4 is 10.0 Å².